The lowest BCUT2D eigenvalue weighted by Gasteiger charge is -2.31. The minimum absolute atomic E-state index is 0.126. The molecule has 32 heavy (non-hydrogen) atoms. The molecular weight excluding hydrogens is 468 g/mol. The molecule has 0 aliphatic carbocycles. The van der Waals surface area contributed by atoms with Gasteiger partial charge in [-0.2, -0.15) is 0 Å². The first-order chi connectivity index (χ1) is 15.3. The molecule has 2 rings (SSSR count). The lowest BCUT2D eigenvalue weighted by atomic mass is 10.0. The number of rotatable bonds is 11. The monoisotopic (exact) mass is 502 g/mol. The Bertz CT molecular complexity index is 914. The second kappa shape index (κ2) is 12.6. The number of nitrogens with zero attached hydrogens (tertiary/aromatic N) is 1. The van der Waals surface area contributed by atoms with Crippen molar-refractivity contribution in [1.29, 1.82) is 0 Å². The summed E-state index contributed by atoms with van der Waals surface area (Å²) in [7, 11) is 0. The van der Waals surface area contributed by atoms with Crippen molar-refractivity contribution in [3.8, 4) is 5.75 Å². The molecule has 2 aromatic carbocycles. The second-order valence-electron chi connectivity index (χ2n) is 8.30. The topological polar surface area (TPSA) is 58.6 Å². The molecule has 0 bridgehead atoms. The molecule has 0 heterocycles. The van der Waals surface area contributed by atoms with Crippen LogP contribution in [0.15, 0.2) is 46.9 Å². The van der Waals surface area contributed by atoms with E-state index < -0.39 is 6.04 Å². The summed E-state index contributed by atoms with van der Waals surface area (Å²) in [6, 6.07) is 13.3. The van der Waals surface area contributed by atoms with Gasteiger partial charge in [-0.05, 0) is 70.4 Å². The fraction of sp³-hybridized carbons (Fsp3) is 0.462. The minimum atomic E-state index is -0.552. The quantitative estimate of drug-likeness (QED) is 0.435. The predicted octanol–water partition coefficient (Wildman–Crippen LogP) is 5.59. The number of amides is 2. The molecule has 1 N–H and O–H groups in total. The average Bonchev–Trinajstić information content (AvgIpc) is 2.77. The maximum atomic E-state index is 13.3. The number of ether oxygens (including phenoxy) is 1. The Morgan fingerprint density at radius 3 is 2.44 bits per heavy atom. The summed E-state index contributed by atoms with van der Waals surface area (Å²) in [6.07, 6.45) is 1.37. The molecule has 0 saturated heterocycles. The third-order valence-corrected chi connectivity index (χ3v) is 6.13. The maximum absolute atomic E-state index is 13.3. The van der Waals surface area contributed by atoms with Crippen LogP contribution < -0.4 is 10.1 Å². The van der Waals surface area contributed by atoms with Gasteiger partial charge in [0.1, 0.15) is 11.8 Å². The van der Waals surface area contributed by atoms with Crippen molar-refractivity contribution >= 4 is 27.7 Å². The lowest BCUT2D eigenvalue weighted by Crippen LogP contribution is -2.50. The van der Waals surface area contributed by atoms with E-state index in [1.54, 1.807) is 4.90 Å². The van der Waals surface area contributed by atoms with Crippen LogP contribution >= 0.6 is 15.9 Å². The van der Waals surface area contributed by atoms with Gasteiger partial charge in [-0.25, -0.2) is 0 Å². The molecule has 2 amide bonds. The van der Waals surface area contributed by atoms with Crippen LogP contribution in [0.5, 0.6) is 5.75 Å². The Balaban J connectivity index is 2.22. The number of hydrogen-bond donors (Lipinski definition) is 1. The van der Waals surface area contributed by atoms with Crippen LogP contribution in [0, 0.1) is 6.92 Å². The number of nitrogens with one attached hydrogen (secondary N) is 1. The van der Waals surface area contributed by atoms with E-state index >= 15 is 0 Å². The molecule has 6 heteroatoms. The number of carbonyl (C=O) groups excluding carboxylic acids is 2. The first-order valence-corrected chi connectivity index (χ1v) is 12.1. The van der Waals surface area contributed by atoms with E-state index in [0.717, 1.165) is 22.0 Å². The van der Waals surface area contributed by atoms with Crippen molar-refractivity contribution in [3.05, 3.63) is 63.6 Å². The highest BCUT2D eigenvalue weighted by atomic mass is 79.9. The van der Waals surface area contributed by atoms with Crippen molar-refractivity contribution in [1.82, 2.24) is 10.2 Å². The van der Waals surface area contributed by atoms with E-state index in [2.05, 4.69) is 35.1 Å². The molecule has 0 aliphatic heterocycles. The van der Waals surface area contributed by atoms with Gasteiger partial charge >= 0.3 is 0 Å². The summed E-state index contributed by atoms with van der Waals surface area (Å²) in [4.78, 5) is 27.8. The molecule has 0 fully saturated rings. The SMILES string of the molecule is CCCNC(=O)[C@@H](CC)N(Cc1ccccc1C)C(=O)COc1ccc(C(C)C)cc1Br. The number of halogens is 1. The molecule has 5 nitrogen and oxygen atoms in total. The molecule has 0 saturated carbocycles. The molecule has 0 unspecified atom stereocenters. The fourth-order valence-corrected chi connectivity index (χ4v) is 3.98. The minimum Gasteiger partial charge on any atom is -0.483 e. The summed E-state index contributed by atoms with van der Waals surface area (Å²) in [5.41, 5.74) is 3.29. The van der Waals surface area contributed by atoms with E-state index in [1.165, 1.54) is 5.56 Å². The molecule has 0 radical (unpaired) electrons. The summed E-state index contributed by atoms with van der Waals surface area (Å²) in [6.45, 7) is 11.0. The van der Waals surface area contributed by atoms with E-state index in [9.17, 15) is 9.59 Å². The largest absolute Gasteiger partial charge is 0.483 e. The van der Waals surface area contributed by atoms with Crippen molar-refractivity contribution in [3.63, 3.8) is 0 Å². The van der Waals surface area contributed by atoms with Gasteiger partial charge in [-0.15, -0.1) is 0 Å². The zero-order valence-corrected chi connectivity index (χ0v) is 21.4. The summed E-state index contributed by atoms with van der Waals surface area (Å²) < 4.78 is 6.68. The van der Waals surface area contributed by atoms with Gasteiger partial charge in [0, 0.05) is 13.1 Å². The Hall–Kier alpha value is -2.34. The Kier molecular flexibility index (Phi) is 10.2. The predicted molar refractivity (Wildman–Crippen MR) is 133 cm³/mol. The van der Waals surface area contributed by atoms with Crippen LogP contribution in [-0.4, -0.2) is 35.9 Å². The molecule has 1 atom stereocenters. The molecule has 0 spiro atoms. The Labute approximate surface area is 200 Å². The zero-order chi connectivity index (χ0) is 23.7. The standard InChI is InChI=1S/C26H35BrN2O3/c1-6-14-28-26(31)23(7-2)29(16-21-11-9-8-10-19(21)5)25(30)17-32-24-13-12-20(18(3)4)15-22(24)27/h8-13,15,18,23H,6-7,14,16-17H2,1-5H3,(H,28,31)/t23-/m1/s1. The lowest BCUT2D eigenvalue weighted by molar-refractivity contribution is -0.143. The average molecular weight is 503 g/mol. The number of benzene rings is 2. The van der Waals surface area contributed by atoms with Crippen molar-refractivity contribution in [2.45, 2.75) is 66.0 Å². The fourth-order valence-electron chi connectivity index (χ4n) is 3.47. The second-order valence-corrected chi connectivity index (χ2v) is 9.15. The smallest absolute Gasteiger partial charge is 0.261 e. The number of carbonyl (C=O) groups is 2. The van der Waals surface area contributed by atoms with Gasteiger partial charge < -0.3 is 15.0 Å². The normalized spacial score (nSPS) is 11.8. The van der Waals surface area contributed by atoms with Crippen LogP contribution in [0.2, 0.25) is 0 Å². The van der Waals surface area contributed by atoms with Crippen molar-refractivity contribution < 1.29 is 14.3 Å². The Morgan fingerprint density at radius 2 is 1.84 bits per heavy atom. The molecule has 0 aromatic heterocycles. The molecule has 2 aromatic rings. The maximum Gasteiger partial charge on any atom is 0.261 e. The Morgan fingerprint density at radius 1 is 1.12 bits per heavy atom. The van der Waals surface area contributed by atoms with E-state index in [-0.39, 0.29) is 18.4 Å². The van der Waals surface area contributed by atoms with E-state index in [1.807, 2.05) is 63.2 Å². The van der Waals surface area contributed by atoms with Crippen LogP contribution in [0.3, 0.4) is 0 Å². The van der Waals surface area contributed by atoms with Gasteiger partial charge in [0.05, 0.1) is 4.47 Å². The molecule has 0 aliphatic rings. The third-order valence-electron chi connectivity index (χ3n) is 5.51. The summed E-state index contributed by atoms with van der Waals surface area (Å²) >= 11 is 3.55. The number of aryl methyl sites for hydroxylation is 1. The molecule has 174 valence electrons. The van der Waals surface area contributed by atoms with Gasteiger partial charge in [0.15, 0.2) is 6.61 Å². The van der Waals surface area contributed by atoms with Gasteiger partial charge in [0.2, 0.25) is 5.91 Å². The van der Waals surface area contributed by atoms with Crippen LogP contribution in [-0.2, 0) is 16.1 Å². The highest BCUT2D eigenvalue weighted by Crippen LogP contribution is 2.29. The third kappa shape index (κ3) is 7.09. The van der Waals surface area contributed by atoms with Gasteiger partial charge in [0.25, 0.3) is 5.91 Å². The van der Waals surface area contributed by atoms with Gasteiger partial charge in [-0.1, -0.05) is 58.0 Å². The summed E-state index contributed by atoms with van der Waals surface area (Å²) in [5.74, 6) is 0.672. The first-order valence-electron chi connectivity index (χ1n) is 11.3. The van der Waals surface area contributed by atoms with Crippen LogP contribution in [0.25, 0.3) is 0 Å². The summed E-state index contributed by atoms with van der Waals surface area (Å²) in [5, 5.41) is 2.94. The highest BCUT2D eigenvalue weighted by Gasteiger charge is 2.29. The number of hydrogen-bond acceptors (Lipinski definition) is 3. The molecular formula is C26H35BrN2O3. The van der Waals surface area contributed by atoms with E-state index in [4.69, 9.17) is 4.74 Å². The highest BCUT2D eigenvalue weighted by molar-refractivity contribution is 9.10. The van der Waals surface area contributed by atoms with Crippen LogP contribution in [0.1, 0.15) is 63.1 Å². The zero-order valence-electron chi connectivity index (χ0n) is 19.8. The van der Waals surface area contributed by atoms with Gasteiger partial charge in [-0.3, -0.25) is 9.59 Å². The van der Waals surface area contributed by atoms with Crippen molar-refractivity contribution in [2.24, 2.45) is 0 Å². The van der Waals surface area contributed by atoms with Crippen molar-refractivity contribution in [2.75, 3.05) is 13.2 Å². The van der Waals surface area contributed by atoms with Crippen LogP contribution in [0.4, 0.5) is 0 Å². The van der Waals surface area contributed by atoms with E-state index in [0.29, 0.717) is 31.2 Å². The first kappa shape index (κ1) is 25.9.